The number of hydrogen-bond acceptors (Lipinski definition) is 6. The summed E-state index contributed by atoms with van der Waals surface area (Å²) in [5.41, 5.74) is 3.52. The van der Waals surface area contributed by atoms with Crippen LogP contribution in [-0.2, 0) is 20.9 Å². The maximum absolute atomic E-state index is 11.3. The summed E-state index contributed by atoms with van der Waals surface area (Å²) in [5.74, 6) is -0.0152. The molecule has 7 heteroatoms. The highest BCUT2D eigenvalue weighted by Gasteiger charge is 2.39. The molecule has 2 heterocycles. The highest BCUT2D eigenvalue weighted by atomic mass is 16.7. The van der Waals surface area contributed by atoms with Gasteiger partial charge < -0.3 is 25.0 Å². The van der Waals surface area contributed by atoms with Crippen LogP contribution in [0.25, 0.3) is 0 Å². The summed E-state index contributed by atoms with van der Waals surface area (Å²) >= 11 is 0. The quantitative estimate of drug-likeness (QED) is 0.640. The number of anilines is 1. The molecule has 32 heavy (non-hydrogen) atoms. The molecule has 2 aliphatic heterocycles. The molecule has 2 saturated heterocycles. The lowest BCUT2D eigenvalue weighted by Gasteiger charge is -2.42. The van der Waals surface area contributed by atoms with Gasteiger partial charge in [0, 0.05) is 43.7 Å². The van der Waals surface area contributed by atoms with E-state index in [2.05, 4.69) is 17.1 Å². The molecule has 0 aliphatic carbocycles. The van der Waals surface area contributed by atoms with Gasteiger partial charge in [-0.25, -0.2) is 0 Å². The van der Waals surface area contributed by atoms with Gasteiger partial charge in [-0.3, -0.25) is 9.69 Å². The number of aliphatic hydroxyl groups is 2. The van der Waals surface area contributed by atoms with Crippen molar-refractivity contribution in [3.63, 3.8) is 0 Å². The lowest BCUT2D eigenvalue weighted by molar-refractivity contribution is -0.276. The molecule has 0 saturated carbocycles. The first-order valence-corrected chi connectivity index (χ1v) is 11.2. The second kappa shape index (κ2) is 10.1. The number of benzene rings is 2. The van der Waals surface area contributed by atoms with Crippen molar-refractivity contribution in [3.05, 3.63) is 65.2 Å². The third kappa shape index (κ3) is 5.36. The minimum atomic E-state index is -0.544. The highest BCUT2D eigenvalue weighted by molar-refractivity contribution is 5.88. The molecular formula is C25H32N2O5. The maximum Gasteiger partial charge on any atom is 0.221 e. The minimum Gasteiger partial charge on any atom is -0.392 e. The number of carbonyl (C=O) groups is 1. The van der Waals surface area contributed by atoms with E-state index >= 15 is 0 Å². The van der Waals surface area contributed by atoms with Crippen molar-refractivity contribution in [2.24, 2.45) is 5.92 Å². The normalized spacial score (nSPS) is 28.6. The van der Waals surface area contributed by atoms with Gasteiger partial charge in [0.05, 0.1) is 24.9 Å². The Morgan fingerprint density at radius 3 is 2.38 bits per heavy atom. The van der Waals surface area contributed by atoms with Gasteiger partial charge in [0.25, 0.3) is 0 Å². The molecular weight excluding hydrogens is 408 g/mol. The number of amides is 1. The van der Waals surface area contributed by atoms with E-state index in [9.17, 15) is 15.0 Å². The summed E-state index contributed by atoms with van der Waals surface area (Å²) in [4.78, 5) is 13.6. The fraction of sp³-hybridized carbons (Fsp3) is 0.480. The average Bonchev–Trinajstić information content (AvgIpc) is 3.20. The zero-order valence-electron chi connectivity index (χ0n) is 18.6. The number of rotatable bonds is 6. The van der Waals surface area contributed by atoms with Crippen molar-refractivity contribution in [1.29, 1.82) is 0 Å². The Balaban J connectivity index is 1.57. The number of ether oxygens (including phenoxy) is 2. The third-order valence-electron chi connectivity index (χ3n) is 6.31. The molecule has 7 nitrogen and oxygen atoms in total. The second-order valence-electron chi connectivity index (χ2n) is 8.83. The second-order valence-corrected chi connectivity index (χ2v) is 8.83. The standard InChI is InChI=1S/C25H32N2O5/c1-16-23(14-27-12-11-22(30)13-27)31-25(20-7-9-21(10-8-20)26-17(2)29)32-24(16)19-5-3-18(15-28)4-6-19/h3-10,16,22-25,28,30H,11-15H2,1-2H3,(H,26,29)/t16-,22+,23+,24+,25+/m1/s1. The van der Waals surface area contributed by atoms with E-state index in [1.807, 2.05) is 48.5 Å². The van der Waals surface area contributed by atoms with Gasteiger partial charge in [0.2, 0.25) is 5.91 Å². The number of carbonyl (C=O) groups excluding carboxylic acids is 1. The molecule has 4 rings (SSSR count). The number of nitrogens with zero attached hydrogens (tertiary/aromatic N) is 1. The maximum atomic E-state index is 11.3. The summed E-state index contributed by atoms with van der Waals surface area (Å²) in [5, 5.41) is 22.1. The van der Waals surface area contributed by atoms with Crippen molar-refractivity contribution < 1.29 is 24.5 Å². The fourth-order valence-electron chi connectivity index (χ4n) is 4.49. The Morgan fingerprint density at radius 1 is 1.09 bits per heavy atom. The molecule has 2 fully saturated rings. The van der Waals surface area contributed by atoms with Crippen LogP contribution in [0.5, 0.6) is 0 Å². The molecule has 0 aromatic heterocycles. The van der Waals surface area contributed by atoms with E-state index in [-0.39, 0.29) is 36.7 Å². The molecule has 172 valence electrons. The van der Waals surface area contributed by atoms with Gasteiger partial charge >= 0.3 is 0 Å². The topological polar surface area (TPSA) is 91.3 Å². The predicted octanol–water partition coefficient (Wildman–Crippen LogP) is 3.00. The van der Waals surface area contributed by atoms with Crippen molar-refractivity contribution in [1.82, 2.24) is 4.90 Å². The van der Waals surface area contributed by atoms with Gasteiger partial charge in [-0.15, -0.1) is 0 Å². The molecule has 2 aromatic rings. The summed E-state index contributed by atoms with van der Waals surface area (Å²) in [6.45, 7) is 5.88. The predicted molar refractivity (Wildman–Crippen MR) is 121 cm³/mol. The zero-order valence-corrected chi connectivity index (χ0v) is 18.6. The number of likely N-dealkylation sites (tertiary alicyclic amines) is 1. The Labute approximate surface area is 189 Å². The van der Waals surface area contributed by atoms with E-state index in [4.69, 9.17) is 9.47 Å². The number of nitrogens with one attached hydrogen (secondary N) is 1. The molecule has 0 unspecified atom stereocenters. The molecule has 0 radical (unpaired) electrons. The first-order chi connectivity index (χ1) is 15.4. The lowest BCUT2D eigenvalue weighted by atomic mass is 9.90. The van der Waals surface area contributed by atoms with Crippen LogP contribution in [0.3, 0.4) is 0 Å². The van der Waals surface area contributed by atoms with Crippen molar-refractivity contribution >= 4 is 11.6 Å². The smallest absolute Gasteiger partial charge is 0.221 e. The van der Waals surface area contributed by atoms with Gasteiger partial charge in [-0.05, 0) is 29.7 Å². The molecule has 2 aromatic carbocycles. The summed E-state index contributed by atoms with van der Waals surface area (Å²) in [6.07, 6.45) is -0.273. The average molecular weight is 441 g/mol. The van der Waals surface area contributed by atoms with E-state index in [1.165, 1.54) is 6.92 Å². The van der Waals surface area contributed by atoms with E-state index in [0.29, 0.717) is 6.54 Å². The van der Waals surface area contributed by atoms with Gasteiger partial charge in [0.15, 0.2) is 6.29 Å². The third-order valence-corrected chi connectivity index (χ3v) is 6.31. The van der Waals surface area contributed by atoms with Gasteiger partial charge in [0.1, 0.15) is 0 Å². The first kappa shape index (κ1) is 22.9. The van der Waals surface area contributed by atoms with Crippen LogP contribution in [-0.4, -0.2) is 52.9 Å². The highest BCUT2D eigenvalue weighted by Crippen LogP contribution is 2.42. The summed E-state index contributed by atoms with van der Waals surface area (Å²) < 4.78 is 12.9. The Bertz CT molecular complexity index is 902. The number of β-amino-alcohol motifs (C(OH)–C–C–N with tert-alkyl or cyclic N) is 1. The van der Waals surface area contributed by atoms with Crippen LogP contribution in [0.2, 0.25) is 0 Å². The van der Waals surface area contributed by atoms with Crippen LogP contribution in [0.4, 0.5) is 5.69 Å². The number of hydrogen-bond donors (Lipinski definition) is 3. The Morgan fingerprint density at radius 2 is 1.78 bits per heavy atom. The van der Waals surface area contributed by atoms with Crippen molar-refractivity contribution in [2.75, 3.05) is 25.0 Å². The van der Waals surface area contributed by atoms with Crippen LogP contribution in [0.15, 0.2) is 48.5 Å². The summed E-state index contributed by atoms with van der Waals surface area (Å²) in [7, 11) is 0. The summed E-state index contributed by atoms with van der Waals surface area (Å²) in [6, 6.07) is 15.4. The molecule has 5 atom stereocenters. The van der Waals surface area contributed by atoms with Gasteiger partial charge in [-0.1, -0.05) is 43.3 Å². The zero-order chi connectivity index (χ0) is 22.7. The molecule has 2 aliphatic rings. The van der Waals surface area contributed by atoms with E-state index in [1.54, 1.807) is 0 Å². The fourth-order valence-corrected chi connectivity index (χ4v) is 4.49. The molecule has 1 amide bonds. The number of aliphatic hydroxyl groups excluding tert-OH is 2. The molecule has 0 spiro atoms. The largest absolute Gasteiger partial charge is 0.392 e. The van der Waals surface area contributed by atoms with Crippen LogP contribution >= 0.6 is 0 Å². The van der Waals surface area contributed by atoms with Gasteiger partial charge in [-0.2, -0.15) is 0 Å². The SMILES string of the molecule is CC(=O)Nc1ccc([C@H]2O[C@@H](CN3CC[C@H](O)C3)[C@@H](C)[C@@H](c3ccc(CO)cc3)O2)cc1. The van der Waals surface area contributed by atoms with Crippen molar-refractivity contribution in [2.45, 2.75) is 51.5 Å². The van der Waals surface area contributed by atoms with Crippen LogP contribution < -0.4 is 5.32 Å². The molecule has 0 bridgehead atoms. The Kier molecular flexibility index (Phi) is 7.23. The van der Waals surface area contributed by atoms with Crippen LogP contribution in [0, 0.1) is 5.92 Å². The first-order valence-electron chi connectivity index (χ1n) is 11.2. The van der Waals surface area contributed by atoms with E-state index in [0.717, 1.165) is 41.9 Å². The lowest BCUT2D eigenvalue weighted by Crippen LogP contribution is -2.44. The molecule has 3 N–H and O–H groups in total. The monoisotopic (exact) mass is 440 g/mol. The van der Waals surface area contributed by atoms with E-state index < -0.39 is 6.29 Å². The minimum absolute atomic E-state index is 0.00759. The van der Waals surface area contributed by atoms with Crippen LogP contribution in [0.1, 0.15) is 49.4 Å². The Hall–Kier alpha value is -2.29. The van der Waals surface area contributed by atoms with Crippen molar-refractivity contribution in [3.8, 4) is 0 Å².